The second-order valence-electron chi connectivity index (χ2n) is 5.95. The minimum absolute atomic E-state index is 0.0196. The highest BCUT2D eigenvalue weighted by Crippen LogP contribution is 2.25. The van der Waals surface area contributed by atoms with Gasteiger partial charge in [-0.25, -0.2) is 10.2 Å². The Balaban J connectivity index is 2.24. The van der Waals surface area contributed by atoms with E-state index in [0.717, 1.165) is 0 Å². The van der Waals surface area contributed by atoms with Crippen molar-refractivity contribution in [2.75, 3.05) is 20.8 Å². The van der Waals surface area contributed by atoms with Crippen LogP contribution in [0, 0.1) is 0 Å². The van der Waals surface area contributed by atoms with Gasteiger partial charge in [0, 0.05) is 0 Å². The van der Waals surface area contributed by atoms with Crippen LogP contribution in [0.5, 0.6) is 17.2 Å². The van der Waals surface area contributed by atoms with Gasteiger partial charge >= 0.3 is 5.97 Å². The fourth-order valence-corrected chi connectivity index (χ4v) is 2.25. The fraction of sp³-hybridized carbons (Fsp3) is 0.190. The number of esters is 1. The molecule has 168 valence electrons. The van der Waals surface area contributed by atoms with Crippen molar-refractivity contribution in [2.45, 2.75) is 6.92 Å². The van der Waals surface area contributed by atoms with Crippen molar-refractivity contribution in [3.8, 4) is 17.2 Å². The molecule has 0 aliphatic carbocycles. The number of azo groups is 1. The third-order valence-electron chi connectivity index (χ3n) is 3.83. The minimum Gasteiger partial charge on any atom is -0.504 e. The number of carbonyl (C=O) groups is 2. The van der Waals surface area contributed by atoms with Crippen LogP contribution >= 0.6 is 0 Å². The second kappa shape index (κ2) is 11.7. The lowest BCUT2D eigenvalue weighted by atomic mass is 10.2. The summed E-state index contributed by atoms with van der Waals surface area (Å²) >= 11 is 0. The monoisotopic (exact) mass is 442 g/mol. The molecule has 1 amide bonds. The van der Waals surface area contributed by atoms with Crippen LogP contribution in [0.3, 0.4) is 0 Å². The van der Waals surface area contributed by atoms with Crippen molar-refractivity contribution < 1.29 is 34.0 Å². The third-order valence-corrected chi connectivity index (χ3v) is 3.83. The van der Waals surface area contributed by atoms with Crippen LogP contribution in [-0.2, 0) is 14.3 Å². The van der Waals surface area contributed by atoms with E-state index in [2.05, 4.69) is 20.8 Å². The third kappa shape index (κ3) is 6.55. The summed E-state index contributed by atoms with van der Waals surface area (Å²) in [5.74, 6) is -2.42. The van der Waals surface area contributed by atoms with Crippen molar-refractivity contribution >= 4 is 23.8 Å². The molecular formula is C21H22N4O7. The number of phenols is 1. The molecule has 0 unspecified atom stereocenters. The molecule has 2 rings (SSSR count). The Hall–Kier alpha value is -4.41. The van der Waals surface area contributed by atoms with Gasteiger partial charge in [0.05, 0.1) is 32.7 Å². The molecule has 0 saturated carbocycles. The minimum atomic E-state index is -1.14. The number of nitrogens with zero attached hydrogens (tertiary/aromatic N) is 3. The number of hydrogen-bond donors (Lipinski definition) is 3. The molecule has 0 fully saturated rings. The highest BCUT2D eigenvalue weighted by molar-refractivity contribution is 6.01. The van der Waals surface area contributed by atoms with E-state index in [1.807, 2.05) is 0 Å². The van der Waals surface area contributed by atoms with E-state index in [-0.39, 0.29) is 18.1 Å². The molecule has 11 heteroatoms. The molecule has 0 atom stereocenters. The molecular weight excluding hydrogens is 420 g/mol. The first-order valence-corrected chi connectivity index (χ1v) is 9.26. The van der Waals surface area contributed by atoms with Gasteiger partial charge in [-0.1, -0.05) is 0 Å². The zero-order chi connectivity index (χ0) is 23.5. The highest BCUT2D eigenvalue weighted by Gasteiger charge is 2.22. The number of nitrogens with one attached hydrogen (secondary N) is 1. The van der Waals surface area contributed by atoms with E-state index < -0.39 is 23.3 Å². The van der Waals surface area contributed by atoms with Gasteiger partial charge < -0.3 is 24.4 Å². The van der Waals surface area contributed by atoms with E-state index in [1.165, 1.54) is 38.6 Å². The van der Waals surface area contributed by atoms with Crippen molar-refractivity contribution in [3.63, 3.8) is 0 Å². The van der Waals surface area contributed by atoms with Crippen LogP contribution in [0.2, 0.25) is 0 Å². The van der Waals surface area contributed by atoms with Crippen LogP contribution in [-0.4, -0.2) is 49.1 Å². The van der Waals surface area contributed by atoms with Gasteiger partial charge in [-0.05, 0) is 55.0 Å². The first-order chi connectivity index (χ1) is 15.4. The summed E-state index contributed by atoms with van der Waals surface area (Å²) < 4.78 is 14.7. The van der Waals surface area contributed by atoms with Gasteiger partial charge in [0.25, 0.3) is 5.91 Å². The van der Waals surface area contributed by atoms with Crippen molar-refractivity contribution in [1.82, 2.24) is 5.43 Å². The van der Waals surface area contributed by atoms with Crippen LogP contribution in [0.1, 0.15) is 12.5 Å². The van der Waals surface area contributed by atoms with Crippen LogP contribution < -0.4 is 14.9 Å². The summed E-state index contributed by atoms with van der Waals surface area (Å²) in [5.41, 5.74) is 2.29. The molecule has 3 N–H and O–H groups in total. The van der Waals surface area contributed by atoms with Gasteiger partial charge in [-0.2, -0.15) is 10.2 Å². The predicted molar refractivity (Wildman–Crippen MR) is 114 cm³/mol. The van der Waals surface area contributed by atoms with E-state index in [1.54, 1.807) is 31.2 Å². The maximum atomic E-state index is 12.5. The lowest BCUT2D eigenvalue weighted by Crippen LogP contribution is -2.22. The number of benzene rings is 2. The number of amides is 1. The number of hydrogen-bond acceptors (Lipinski definition) is 10. The van der Waals surface area contributed by atoms with Gasteiger partial charge in [-0.3, -0.25) is 4.79 Å². The van der Waals surface area contributed by atoms with Crippen molar-refractivity contribution in [3.05, 3.63) is 59.5 Å². The second-order valence-corrected chi connectivity index (χ2v) is 5.95. The first kappa shape index (κ1) is 23.9. The van der Waals surface area contributed by atoms with Gasteiger partial charge in [-0.15, -0.1) is 5.11 Å². The summed E-state index contributed by atoms with van der Waals surface area (Å²) in [5, 5.41) is 31.0. The fourth-order valence-electron chi connectivity index (χ4n) is 2.25. The molecule has 11 nitrogen and oxygen atoms in total. The smallest absolute Gasteiger partial charge is 0.376 e. The zero-order valence-electron chi connectivity index (χ0n) is 17.6. The predicted octanol–water partition coefficient (Wildman–Crippen LogP) is 2.98. The molecule has 0 heterocycles. The van der Waals surface area contributed by atoms with Crippen LogP contribution in [0.15, 0.2) is 69.3 Å². The van der Waals surface area contributed by atoms with Gasteiger partial charge in [0.1, 0.15) is 5.75 Å². The molecule has 2 aromatic rings. The Morgan fingerprint density at radius 3 is 2.44 bits per heavy atom. The molecule has 0 bridgehead atoms. The number of phenolic OH excluding ortho intramolecular Hbond substituents is 1. The number of methoxy groups -OCH3 is 2. The van der Waals surface area contributed by atoms with E-state index >= 15 is 0 Å². The Morgan fingerprint density at radius 2 is 1.81 bits per heavy atom. The number of aliphatic hydroxyl groups is 1. The Bertz CT molecular complexity index is 1050. The highest BCUT2D eigenvalue weighted by atomic mass is 16.5. The summed E-state index contributed by atoms with van der Waals surface area (Å²) in [6, 6.07) is 10.8. The van der Waals surface area contributed by atoms with Crippen LogP contribution in [0.25, 0.3) is 0 Å². The lowest BCUT2D eigenvalue weighted by Gasteiger charge is -2.05. The largest absolute Gasteiger partial charge is 0.504 e. The number of rotatable bonds is 9. The Labute approximate surface area is 183 Å². The standard InChI is InChI=1S/C21H22N4O7/c1-4-32-21(29)19(27)18(24-23-14-6-8-15(30-2)9-7-14)20(28)25-22-12-13-5-10-16(26)17(11-13)31-3/h5-12,26-27H,4H2,1-3H3,(H,25,28)/b19-18-,22-12+,24-23?. The lowest BCUT2D eigenvalue weighted by molar-refractivity contribution is -0.142. The van der Waals surface area contributed by atoms with E-state index in [0.29, 0.717) is 17.0 Å². The number of hydrazone groups is 1. The summed E-state index contributed by atoms with van der Waals surface area (Å²) in [6.07, 6.45) is 1.26. The van der Waals surface area contributed by atoms with Gasteiger partial charge in [0.2, 0.25) is 11.5 Å². The summed E-state index contributed by atoms with van der Waals surface area (Å²) in [6.45, 7) is 1.52. The summed E-state index contributed by atoms with van der Waals surface area (Å²) in [7, 11) is 2.90. The molecule has 0 aliphatic heterocycles. The van der Waals surface area contributed by atoms with E-state index in [9.17, 15) is 19.8 Å². The quantitative estimate of drug-likeness (QED) is 0.135. The summed E-state index contributed by atoms with van der Waals surface area (Å²) in [4.78, 5) is 24.4. The van der Waals surface area contributed by atoms with E-state index in [4.69, 9.17) is 14.2 Å². The average molecular weight is 442 g/mol. The van der Waals surface area contributed by atoms with Crippen molar-refractivity contribution in [2.24, 2.45) is 15.3 Å². The topological polar surface area (TPSA) is 151 Å². The number of carbonyl (C=O) groups excluding carboxylic acids is 2. The number of aliphatic hydroxyl groups excluding tert-OH is 1. The maximum Gasteiger partial charge on any atom is 0.376 e. The zero-order valence-corrected chi connectivity index (χ0v) is 17.6. The van der Waals surface area contributed by atoms with Gasteiger partial charge in [0.15, 0.2) is 11.5 Å². The molecule has 0 aliphatic rings. The molecule has 0 spiro atoms. The molecule has 32 heavy (non-hydrogen) atoms. The average Bonchev–Trinajstić information content (AvgIpc) is 2.80. The Kier molecular flexibility index (Phi) is 8.72. The normalized spacial score (nSPS) is 11.8. The molecule has 2 aromatic carbocycles. The van der Waals surface area contributed by atoms with Crippen LogP contribution in [0.4, 0.5) is 5.69 Å². The molecule has 0 radical (unpaired) electrons. The number of ether oxygens (including phenoxy) is 3. The Morgan fingerprint density at radius 1 is 1.09 bits per heavy atom. The number of aromatic hydroxyl groups is 1. The molecule has 0 saturated heterocycles. The molecule has 0 aromatic heterocycles. The maximum absolute atomic E-state index is 12.5. The first-order valence-electron chi connectivity index (χ1n) is 9.26. The SMILES string of the molecule is CCOC(=O)/C(O)=C(/N=Nc1ccc(OC)cc1)C(=O)N/N=C/c1ccc(O)c(OC)c1. The van der Waals surface area contributed by atoms with Crippen molar-refractivity contribution in [1.29, 1.82) is 0 Å².